The molecule has 0 aliphatic heterocycles. The van der Waals surface area contributed by atoms with Gasteiger partial charge in [0.25, 0.3) is 0 Å². The number of nitrogens with one attached hydrogen (secondary N) is 1. The number of rotatable bonds is 4. The molecular weight excluding hydrogens is 134 g/mol. The third-order valence-corrected chi connectivity index (χ3v) is 1.57. The van der Waals surface area contributed by atoms with Crippen molar-refractivity contribution >= 4 is 5.69 Å². The van der Waals surface area contributed by atoms with E-state index in [1.807, 2.05) is 18.2 Å². The molecule has 0 saturated heterocycles. The molecule has 0 aromatic heterocycles. The van der Waals surface area contributed by atoms with Gasteiger partial charge in [0.2, 0.25) is 0 Å². The Morgan fingerprint density at radius 1 is 1.55 bits per heavy atom. The molecule has 0 aliphatic rings. The SMILES string of the molecule is CCCCNc1c[c]ccc1. The molecule has 0 heterocycles. The van der Waals surface area contributed by atoms with E-state index in [1.165, 1.54) is 18.5 Å². The zero-order valence-corrected chi connectivity index (χ0v) is 6.93. The van der Waals surface area contributed by atoms with E-state index in [0.29, 0.717) is 0 Å². The Kier molecular flexibility index (Phi) is 3.53. The van der Waals surface area contributed by atoms with Crippen molar-refractivity contribution in [3.8, 4) is 0 Å². The van der Waals surface area contributed by atoms with Crippen molar-refractivity contribution in [2.24, 2.45) is 0 Å². The van der Waals surface area contributed by atoms with E-state index in [9.17, 15) is 0 Å². The van der Waals surface area contributed by atoms with Crippen molar-refractivity contribution in [2.45, 2.75) is 19.8 Å². The summed E-state index contributed by atoms with van der Waals surface area (Å²) in [5, 5.41) is 3.31. The van der Waals surface area contributed by atoms with Gasteiger partial charge < -0.3 is 5.32 Å². The van der Waals surface area contributed by atoms with Crippen molar-refractivity contribution in [1.82, 2.24) is 0 Å². The third-order valence-electron chi connectivity index (χ3n) is 1.57. The van der Waals surface area contributed by atoms with Crippen LogP contribution in [0.5, 0.6) is 0 Å². The second kappa shape index (κ2) is 4.78. The van der Waals surface area contributed by atoms with Crippen LogP contribution in [0.15, 0.2) is 24.3 Å². The van der Waals surface area contributed by atoms with Gasteiger partial charge in [0.05, 0.1) is 0 Å². The van der Waals surface area contributed by atoms with Gasteiger partial charge in [0.15, 0.2) is 0 Å². The Hall–Kier alpha value is -0.980. The molecular formula is C10H14N. The van der Waals surface area contributed by atoms with E-state index in [-0.39, 0.29) is 0 Å². The maximum Gasteiger partial charge on any atom is 0.0346 e. The molecule has 1 radical (unpaired) electrons. The highest BCUT2D eigenvalue weighted by molar-refractivity contribution is 5.41. The molecule has 1 aromatic rings. The van der Waals surface area contributed by atoms with E-state index in [0.717, 1.165) is 6.54 Å². The van der Waals surface area contributed by atoms with E-state index in [1.54, 1.807) is 0 Å². The molecule has 1 N–H and O–H groups in total. The molecule has 0 fully saturated rings. The van der Waals surface area contributed by atoms with Crippen molar-refractivity contribution in [3.05, 3.63) is 30.3 Å². The topological polar surface area (TPSA) is 12.0 Å². The molecule has 0 bridgehead atoms. The molecule has 0 atom stereocenters. The van der Waals surface area contributed by atoms with Crippen LogP contribution in [0, 0.1) is 6.07 Å². The number of benzene rings is 1. The molecule has 0 saturated carbocycles. The lowest BCUT2D eigenvalue weighted by Gasteiger charge is -2.03. The Bertz CT molecular complexity index is 181. The quantitative estimate of drug-likeness (QED) is 0.647. The van der Waals surface area contributed by atoms with Crippen LogP contribution in [-0.2, 0) is 0 Å². The van der Waals surface area contributed by atoms with Crippen LogP contribution in [0.2, 0.25) is 0 Å². The summed E-state index contributed by atoms with van der Waals surface area (Å²) >= 11 is 0. The average Bonchev–Trinajstić information content (AvgIpc) is 2.07. The minimum Gasteiger partial charge on any atom is -0.385 e. The molecule has 1 aromatic carbocycles. The summed E-state index contributed by atoms with van der Waals surface area (Å²) in [6, 6.07) is 11.0. The second-order valence-electron chi connectivity index (χ2n) is 2.57. The minimum absolute atomic E-state index is 1.06. The van der Waals surface area contributed by atoms with Gasteiger partial charge in [0.1, 0.15) is 0 Å². The fourth-order valence-corrected chi connectivity index (χ4v) is 0.913. The van der Waals surface area contributed by atoms with Gasteiger partial charge in [-0.3, -0.25) is 0 Å². The monoisotopic (exact) mass is 148 g/mol. The van der Waals surface area contributed by atoms with Crippen molar-refractivity contribution in [2.75, 3.05) is 11.9 Å². The number of hydrogen-bond donors (Lipinski definition) is 1. The third kappa shape index (κ3) is 3.08. The molecule has 59 valence electrons. The van der Waals surface area contributed by atoms with Crippen molar-refractivity contribution in [3.63, 3.8) is 0 Å². The fourth-order valence-electron chi connectivity index (χ4n) is 0.913. The lowest BCUT2D eigenvalue weighted by Crippen LogP contribution is -1.99. The summed E-state index contributed by atoms with van der Waals surface area (Å²) in [5.74, 6) is 0. The highest BCUT2D eigenvalue weighted by Crippen LogP contribution is 2.03. The highest BCUT2D eigenvalue weighted by atomic mass is 14.9. The minimum atomic E-state index is 1.06. The summed E-state index contributed by atoms with van der Waals surface area (Å²) in [5.41, 5.74) is 1.17. The molecule has 11 heavy (non-hydrogen) atoms. The van der Waals surface area contributed by atoms with Gasteiger partial charge in [-0.25, -0.2) is 0 Å². The molecule has 0 spiro atoms. The van der Waals surface area contributed by atoms with Gasteiger partial charge in [-0.15, -0.1) is 0 Å². The van der Waals surface area contributed by atoms with Gasteiger partial charge >= 0.3 is 0 Å². The van der Waals surface area contributed by atoms with Gasteiger partial charge in [-0.1, -0.05) is 25.5 Å². The Morgan fingerprint density at radius 3 is 3.09 bits per heavy atom. The fraction of sp³-hybridized carbons (Fsp3) is 0.400. The number of hydrogen-bond acceptors (Lipinski definition) is 1. The van der Waals surface area contributed by atoms with Crippen LogP contribution in [-0.4, -0.2) is 6.54 Å². The predicted octanol–water partition coefficient (Wildman–Crippen LogP) is 2.70. The Balaban J connectivity index is 2.28. The second-order valence-corrected chi connectivity index (χ2v) is 2.57. The molecule has 1 nitrogen and oxygen atoms in total. The summed E-state index contributed by atoms with van der Waals surface area (Å²) in [6.07, 6.45) is 2.47. The summed E-state index contributed by atoms with van der Waals surface area (Å²) in [6.45, 7) is 3.26. The van der Waals surface area contributed by atoms with Crippen LogP contribution < -0.4 is 5.32 Å². The Labute approximate surface area is 68.4 Å². The first-order valence-electron chi connectivity index (χ1n) is 4.13. The Morgan fingerprint density at radius 2 is 2.45 bits per heavy atom. The first-order valence-corrected chi connectivity index (χ1v) is 4.13. The average molecular weight is 148 g/mol. The smallest absolute Gasteiger partial charge is 0.0346 e. The van der Waals surface area contributed by atoms with E-state index >= 15 is 0 Å². The summed E-state index contributed by atoms with van der Waals surface area (Å²) in [4.78, 5) is 0. The normalized spacial score (nSPS) is 9.55. The largest absolute Gasteiger partial charge is 0.385 e. The maximum absolute atomic E-state index is 3.31. The number of unbranched alkanes of at least 4 members (excludes halogenated alkanes) is 1. The van der Waals surface area contributed by atoms with Crippen LogP contribution in [0.4, 0.5) is 5.69 Å². The molecule has 0 unspecified atom stereocenters. The van der Waals surface area contributed by atoms with Gasteiger partial charge in [-0.05, 0) is 24.6 Å². The highest BCUT2D eigenvalue weighted by Gasteiger charge is 1.86. The van der Waals surface area contributed by atoms with Crippen LogP contribution in [0.3, 0.4) is 0 Å². The van der Waals surface area contributed by atoms with Gasteiger partial charge in [-0.2, -0.15) is 0 Å². The molecule has 0 aliphatic carbocycles. The van der Waals surface area contributed by atoms with Crippen molar-refractivity contribution < 1.29 is 0 Å². The first-order chi connectivity index (χ1) is 5.43. The number of anilines is 1. The predicted molar refractivity (Wildman–Crippen MR) is 48.7 cm³/mol. The lowest BCUT2D eigenvalue weighted by atomic mass is 10.3. The van der Waals surface area contributed by atoms with E-state index in [2.05, 4.69) is 24.4 Å². The zero-order chi connectivity index (χ0) is 7.94. The molecule has 0 amide bonds. The maximum atomic E-state index is 3.31. The standard InChI is InChI=1S/C10H14N/c1-2-3-9-11-10-7-5-4-6-8-10/h4-5,7-8,11H,2-3,9H2,1H3. The summed E-state index contributed by atoms with van der Waals surface area (Å²) in [7, 11) is 0. The van der Waals surface area contributed by atoms with Crippen molar-refractivity contribution in [1.29, 1.82) is 0 Å². The summed E-state index contributed by atoms with van der Waals surface area (Å²) < 4.78 is 0. The molecule has 1 heteroatoms. The zero-order valence-electron chi connectivity index (χ0n) is 6.93. The molecule has 1 rings (SSSR count). The van der Waals surface area contributed by atoms with Crippen LogP contribution in [0.25, 0.3) is 0 Å². The van der Waals surface area contributed by atoms with Crippen LogP contribution in [0.1, 0.15) is 19.8 Å². The van der Waals surface area contributed by atoms with Gasteiger partial charge in [0, 0.05) is 12.2 Å². The lowest BCUT2D eigenvalue weighted by molar-refractivity contribution is 0.834. The first kappa shape index (κ1) is 8.12. The van der Waals surface area contributed by atoms with Crippen LogP contribution >= 0.6 is 0 Å². The van der Waals surface area contributed by atoms with E-state index in [4.69, 9.17) is 0 Å². The van der Waals surface area contributed by atoms with E-state index < -0.39 is 0 Å².